The van der Waals surface area contributed by atoms with Gasteiger partial charge in [0.2, 0.25) is 0 Å². The van der Waals surface area contributed by atoms with Crippen LogP contribution in [0.2, 0.25) is 0 Å². The van der Waals surface area contributed by atoms with Crippen molar-refractivity contribution in [3.05, 3.63) is 12.2 Å². The van der Waals surface area contributed by atoms with Gasteiger partial charge in [0.1, 0.15) is 0 Å². The Balaban J connectivity index is 2.72. The van der Waals surface area contributed by atoms with Crippen LogP contribution in [0, 0.1) is 5.92 Å². The molecule has 0 spiro atoms. The summed E-state index contributed by atoms with van der Waals surface area (Å²) in [5.41, 5.74) is -1.11. The van der Waals surface area contributed by atoms with Crippen LogP contribution in [0.5, 0.6) is 0 Å². The fourth-order valence-electron chi connectivity index (χ4n) is 1.26. The number of carboxylic acid groups (broad SMARTS) is 1. The molecule has 0 amide bonds. The Bertz CT molecular complexity index is 198. The molecule has 0 aromatic carbocycles. The van der Waals surface area contributed by atoms with E-state index in [0.717, 1.165) is 6.42 Å². The Morgan fingerprint density at radius 2 is 2.36 bits per heavy atom. The molecule has 62 valence electrons. The molecule has 3 nitrogen and oxygen atoms in total. The molecule has 0 heterocycles. The predicted octanol–water partition coefficient (Wildman–Crippen LogP) is 0.788. The van der Waals surface area contributed by atoms with E-state index >= 15 is 0 Å². The van der Waals surface area contributed by atoms with Crippen molar-refractivity contribution in [1.82, 2.24) is 0 Å². The van der Waals surface area contributed by atoms with Gasteiger partial charge in [-0.05, 0) is 19.8 Å². The second kappa shape index (κ2) is 2.66. The Kier molecular flexibility index (Phi) is 2.00. The first-order valence-corrected chi connectivity index (χ1v) is 3.69. The van der Waals surface area contributed by atoms with Gasteiger partial charge < -0.3 is 10.2 Å². The van der Waals surface area contributed by atoms with Crippen molar-refractivity contribution in [2.75, 3.05) is 0 Å². The van der Waals surface area contributed by atoms with Crippen molar-refractivity contribution in [1.29, 1.82) is 0 Å². The average Bonchev–Trinajstić information content (AvgIpc) is 2.35. The molecular weight excluding hydrogens is 144 g/mol. The lowest BCUT2D eigenvalue weighted by molar-refractivity contribution is -0.147. The van der Waals surface area contributed by atoms with Gasteiger partial charge in [0.25, 0.3) is 0 Å². The molecule has 2 N–H and O–H groups in total. The molecule has 2 atom stereocenters. The van der Waals surface area contributed by atoms with Crippen LogP contribution in [0.4, 0.5) is 0 Å². The maximum absolute atomic E-state index is 10.5. The standard InChI is InChI=1S/C8H12O3/c1-6(7(9)10)8(11)4-2-3-5-8/h2,4,6,11H,3,5H2,1H3,(H,9,10). The zero-order valence-corrected chi connectivity index (χ0v) is 6.45. The van der Waals surface area contributed by atoms with Gasteiger partial charge in [-0.25, -0.2) is 0 Å². The average molecular weight is 156 g/mol. The minimum absolute atomic E-state index is 0.528. The zero-order valence-electron chi connectivity index (χ0n) is 6.45. The molecule has 1 aliphatic rings. The number of carbonyl (C=O) groups is 1. The molecule has 0 aliphatic heterocycles. The van der Waals surface area contributed by atoms with Gasteiger partial charge in [0, 0.05) is 0 Å². The van der Waals surface area contributed by atoms with Gasteiger partial charge in [-0.1, -0.05) is 12.2 Å². The first-order chi connectivity index (χ1) is 5.06. The maximum atomic E-state index is 10.5. The van der Waals surface area contributed by atoms with Crippen molar-refractivity contribution >= 4 is 5.97 Å². The lowest BCUT2D eigenvalue weighted by Crippen LogP contribution is -2.36. The minimum atomic E-state index is -1.11. The SMILES string of the molecule is CC(C(=O)O)C1(O)C=CCC1. The lowest BCUT2D eigenvalue weighted by atomic mass is 9.88. The highest BCUT2D eigenvalue weighted by molar-refractivity contribution is 5.71. The molecular formula is C8H12O3. The summed E-state index contributed by atoms with van der Waals surface area (Å²) in [4.78, 5) is 10.5. The lowest BCUT2D eigenvalue weighted by Gasteiger charge is -2.24. The third kappa shape index (κ3) is 1.43. The summed E-state index contributed by atoms with van der Waals surface area (Å²) in [6.07, 6.45) is 4.71. The number of hydrogen-bond donors (Lipinski definition) is 2. The summed E-state index contributed by atoms with van der Waals surface area (Å²) in [6, 6.07) is 0. The molecule has 0 saturated heterocycles. The van der Waals surface area contributed by atoms with Crippen molar-refractivity contribution in [3.63, 3.8) is 0 Å². The van der Waals surface area contributed by atoms with E-state index in [0.29, 0.717) is 6.42 Å². The van der Waals surface area contributed by atoms with Crippen LogP contribution in [0.15, 0.2) is 12.2 Å². The summed E-state index contributed by atoms with van der Waals surface area (Å²) >= 11 is 0. The van der Waals surface area contributed by atoms with E-state index in [9.17, 15) is 9.90 Å². The monoisotopic (exact) mass is 156 g/mol. The second-order valence-corrected chi connectivity index (χ2v) is 2.99. The molecule has 0 aromatic heterocycles. The highest BCUT2D eigenvalue weighted by atomic mass is 16.4. The van der Waals surface area contributed by atoms with E-state index in [1.807, 2.05) is 6.08 Å². The summed E-state index contributed by atoms with van der Waals surface area (Å²) in [5, 5.41) is 18.3. The molecule has 0 bridgehead atoms. The van der Waals surface area contributed by atoms with Gasteiger partial charge in [-0.3, -0.25) is 4.79 Å². The van der Waals surface area contributed by atoms with E-state index in [2.05, 4.69) is 0 Å². The minimum Gasteiger partial charge on any atom is -0.481 e. The second-order valence-electron chi connectivity index (χ2n) is 2.99. The van der Waals surface area contributed by atoms with Crippen LogP contribution in [-0.2, 0) is 4.79 Å². The largest absolute Gasteiger partial charge is 0.481 e. The van der Waals surface area contributed by atoms with Crippen LogP contribution in [0.25, 0.3) is 0 Å². The van der Waals surface area contributed by atoms with Crippen molar-refractivity contribution < 1.29 is 15.0 Å². The van der Waals surface area contributed by atoms with Crippen LogP contribution >= 0.6 is 0 Å². The predicted molar refractivity (Wildman–Crippen MR) is 40.1 cm³/mol. The number of carboxylic acids is 1. The highest BCUT2D eigenvalue weighted by Crippen LogP contribution is 2.30. The Labute approximate surface area is 65.3 Å². The molecule has 1 rings (SSSR count). The van der Waals surface area contributed by atoms with E-state index in [4.69, 9.17) is 5.11 Å². The molecule has 0 radical (unpaired) electrons. The van der Waals surface area contributed by atoms with E-state index in [1.54, 1.807) is 6.08 Å². The van der Waals surface area contributed by atoms with E-state index in [1.165, 1.54) is 6.92 Å². The number of aliphatic hydroxyl groups is 1. The summed E-state index contributed by atoms with van der Waals surface area (Å²) in [7, 11) is 0. The summed E-state index contributed by atoms with van der Waals surface area (Å²) in [6.45, 7) is 1.53. The smallest absolute Gasteiger partial charge is 0.309 e. The molecule has 1 aliphatic carbocycles. The first kappa shape index (κ1) is 8.27. The molecule has 0 saturated carbocycles. The maximum Gasteiger partial charge on any atom is 0.309 e. The first-order valence-electron chi connectivity index (χ1n) is 3.69. The highest BCUT2D eigenvalue weighted by Gasteiger charge is 2.37. The Morgan fingerprint density at radius 3 is 2.73 bits per heavy atom. The van der Waals surface area contributed by atoms with Crippen LogP contribution in [-0.4, -0.2) is 21.8 Å². The Morgan fingerprint density at radius 1 is 1.73 bits per heavy atom. The topological polar surface area (TPSA) is 57.5 Å². The summed E-state index contributed by atoms with van der Waals surface area (Å²) < 4.78 is 0. The van der Waals surface area contributed by atoms with Crippen LogP contribution < -0.4 is 0 Å². The van der Waals surface area contributed by atoms with Crippen molar-refractivity contribution in [2.24, 2.45) is 5.92 Å². The molecule has 11 heavy (non-hydrogen) atoms. The van der Waals surface area contributed by atoms with Crippen molar-refractivity contribution in [2.45, 2.75) is 25.4 Å². The third-order valence-corrected chi connectivity index (χ3v) is 2.24. The molecule has 0 aromatic rings. The van der Waals surface area contributed by atoms with E-state index in [-0.39, 0.29) is 0 Å². The van der Waals surface area contributed by atoms with Gasteiger partial charge in [0.05, 0.1) is 11.5 Å². The molecule has 0 fully saturated rings. The number of rotatable bonds is 2. The number of allylic oxidation sites excluding steroid dienone is 1. The molecule has 3 heteroatoms. The number of aliphatic carboxylic acids is 1. The number of hydrogen-bond acceptors (Lipinski definition) is 2. The van der Waals surface area contributed by atoms with Crippen LogP contribution in [0.1, 0.15) is 19.8 Å². The van der Waals surface area contributed by atoms with Gasteiger partial charge >= 0.3 is 5.97 Å². The van der Waals surface area contributed by atoms with Gasteiger partial charge in [0.15, 0.2) is 0 Å². The van der Waals surface area contributed by atoms with Crippen molar-refractivity contribution in [3.8, 4) is 0 Å². The summed E-state index contributed by atoms with van der Waals surface area (Å²) in [5.74, 6) is -1.65. The third-order valence-electron chi connectivity index (χ3n) is 2.24. The zero-order chi connectivity index (χ0) is 8.48. The Hall–Kier alpha value is -0.830. The molecule has 2 unspecified atom stereocenters. The fourth-order valence-corrected chi connectivity index (χ4v) is 1.26. The normalized spacial score (nSPS) is 32.2. The van der Waals surface area contributed by atoms with Gasteiger partial charge in [-0.15, -0.1) is 0 Å². The van der Waals surface area contributed by atoms with Crippen LogP contribution in [0.3, 0.4) is 0 Å². The quantitative estimate of drug-likeness (QED) is 0.581. The van der Waals surface area contributed by atoms with E-state index < -0.39 is 17.5 Å². The van der Waals surface area contributed by atoms with Gasteiger partial charge in [-0.2, -0.15) is 0 Å². The fraction of sp³-hybridized carbons (Fsp3) is 0.625.